The first-order valence-electron chi connectivity index (χ1n) is 7.79. The lowest BCUT2D eigenvalue weighted by Crippen LogP contribution is -2.44. The van der Waals surface area contributed by atoms with Gasteiger partial charge in [-0.3, -0.25) is 4.79 Å². The van der Waals surface area contributed by atoms with E-state index >= 15 is 0 Å². The van der Waals surface area contributed by atoms with Crippen LogP contribution in [0, 0.1) is 17.7 Å². The maximum atomic E-state index is 12.9. The van der Waals surface area contributed by atoms with Crippen LogP contribution in [0.15, 0.2) is 24.3 Å². The Bertz CT molecular complexity index is 460. The van der Waals surface area contributed by atoms with E-state index in [1.165, 1.54) is 25.0 Å². The second-order valence-electron chi connectivity index (χ2n) is 6.32. The summed E-state index contributed by atoms with van der Waals surface area (Å²) < 4.78 is 12.9. The molecule has 5 heteroatoms. The zero-order chi connectivity index (χ0) is 15.2. The van der Waals surface area contributed by atoms with E-state index in [1.807, 2.05) is 0 Å². The minimum absolute atomic E-state index is 0. The van der Waals surface area contributed by atoms with Gasteiger partial charge in [0.05, 0.1) is 6.54 Å². The number of nitrogens with one attached hydrogen (secondary N) is 2. The average Bonchev–Trinajstić information content (AvgIpc) is 3.24. The molecule has 22 heavy (non-hydrogen) atoms. The van der Waals surface area contributed by atoms with Gasteiger partial charge >= 0.3 is 0 Å². The fraction of sp³-hybridized carbons (Fsp3) is 0.588. The monoisotopic (exact) mass is 328 g/mol. The maximum absolute atomic E-state index is 12.9. The first-order chi connectivity index (χ1) is 10.0. The third-order valence-electron chi connectivity index (χ3n) is 3.94. The first-order valence-corrected chi connectivity index (χ1v) is 7.79. The average molecular weight is 329 g/mol. The Kier molecular flexibility index (Phi) is 7.83. The van der Waals surface area contributed by atoms with Gasteiger partial charge in [-0.1, -0.05) is 26.0 Å². The number of hydrogen-bond donors (Lipinski definition) is 2. The molecule has 0 spiro atoms. The van der Waals surface area contributed by atoms with Gasteiger partial charge in [-0.05, 0) is 55.3 Å². The van der Waals surface area contributed by atoms with Gasteiger partial charge in [-0.15, -0.1) is 12.4 Å². The highest BCUT2D eigenvalue weighted by atomic mass is 35.5. The molecule has 2 N–H and O–H groups in total. The number of amides is 1. The summed E-state index contributed by atoms with van der Waals surface area (Å²) in [6.07, 6.45) is 3.30. The molecule has 1 saturated carbocycles. The number of hydrogen-bond acceptors (Lipinski definition) is 2. The highest BCUT2D eigenvalue weighted by molar-refractivity contribution is 5.85. The van der Waals surface area contributed by atoms with Crippen molar-refractivity contribution in [3.63, 3.8) is 0 Å². The van der Waals surface area contributed by atoms with E-state index < -0.39 is 0 Å². The molecule has 124 valence electrons. The molecule has 0 aliphatic heterocycles. The molecule has 2 rings (SSSR count). The lowest BCUT2D eigenvalue weighted by Gasteiger charge is -2.22. The van der Waals surface area contributed by atoms with Crippen molar-refractivity contribution in [2.75, 3.05) is 13.1 Å². The zero-order valence-corrected chi connectivity index (χ0v) is 14.1. The topological polar surface area (TPSA) is 41.1 Å². The van der Waals surface area contributed by atoms with Gasteiger partial charge in [-0.25, -0.2) is 4.39 Å². The molecule has 0 bridgehead atoms. The lowest BCUT2D eigenvalue weighted by atomic mass is 9.96. The van der Waals surface area contributed by atoms with E-state index in [9.17, 15) is 9.18 Å². The molecule has 1 atom stereocenters. The van der Waals surface area contributed by atoms with Crippen molar-refractivity contribution in [2.45, 2.75) is 39.2 Å². The van der Waals surface area contributed by atoms with Crippen LogP contribution < -0.4 is 10.6 Å². The molecular formula is C17H26ClFN2O. The molecule has 0 heterocycles. The van der Waals surface area contributed by atoms with Crippen molar-refractivity contribution in [3.8, 4) is 0 Å². The molecule has 1 unspecified atom stereocenters. The van der Waals surface area contributed by atoms with Crippen molar-refractivity contribution in [2.24, 2.45) is 11.8 Å². The first kappa shape index (κ1) is 18.9. The summed E-state index contributed by atoms with van der Waals surface area (Å²) in [4.78, 5) is 12.0. The summed E-state index contributed by atoms with van der Waals surface area (Å²) in [5.74, 6) is 0.921. The molecular weight excluding hydrogens is 303 g/mol. The van der Waals surface area contributed by atoms with E-state index in [0.717, 1.165) is 24.4 Å². The minimum atomic E-state index is -0.229. The second kappa shape index (κ2) is 9.11. The molecule has 1 amide bonds. The van der Waals surface area contributed by atoms with Crippen LogP contribution in [-0.2, 0) is 11.2 Å². The fourth-order valence-electron chi connectivity index (χ4n) is 2.30. The number of halogens is 2. The third kappa shape index (κ3) is 6.75. The summed E-state index contributed by atoms with van der Waals surface area (Å²) in [5, 5.41) is 6.28. The Balaban J connectivity index is 0.00000242. The highest BCUT2D eigenvalue weighted by Gasteiger charge is 2.21. The Hall–Kier alpha value is -1.13. The molecule has 1 aliphatic rings. The summed E-state index contributed by atoms with van der Waals surface area (Å²) in [7, 11) is 0. The van der Waals surface area contributed by atoms with Crippen LogP contribution in [0.5, 0.6) is 0 Å². The van der Waals surface area contributed by atoms with Crippen LogP contribution in [0.2, 0.25) is 0 Å². The number of rotatable bonds is 8. The molecule has 0 aromatic heterocycles. The molecule has 1 fully saturated rings. The molecule has 1 aromatic rings. The summed E-state index contributed by atoms with van der Waals surface area (Å²) in [6.45, 7) is 5.50. The Labute approximate surface area is 138 Å². The Morgan fingerprint density at radius 1 is 1.27 bits per heavy atom. The van der Waals surface area contributed by atoms with Crippen LogP contribution in [-0.4, -0.2) is 25.0 Å². The van der Waals surface area contributed by atoms with E-state index in [4.69, 9.17) is 0 Å². The quantitative estimate of drug-likeness (QED) is 0.770. The van der Waals surface area contributed by atoms with Gasteiger partial charge in [0, 0.05) is 6.04 Å². The fourth-order valence-corrected chi connectivity index (χ4v) is 2.30. The molecule has 1 aliphatic carbocycles. The van der Waals surface area contributed by atoms with Crippen LogP contribution in [0.3, 0.4) is 0 Å². The molecule has 0 saturated heterocycles. The molecule has 3 nitrogen and oxygen atoms in total. The van der Waals surface area contributed by atoms with Gasteiger partial charge in [0.25, 0.3) is 0 Å². The van der Waals surface area contributed by atoms with E-state index in [0.29, 0.717) is 12.5 Å². The summed E-state index contributed by atoms with van der Waals surface area (Å²) >= 11 is 0. The molecule has 0 radical (unpaired) electrons. The maximum Gasteiger partial charge on any atom is 0.234 e. The van der Waals surface area contributed by atoms with Crippen molar-refractivity contribution in [1.82, 2.24) is 10.6 Å². The van der Waals surface area contributed by atoms with Crippen molar-refractivity contribution >= 4 is 18.3 Å². The van der Waals surface area contributed by atoms with Crippen molar-refractivity contribution in [1.29, 1.82) is 0 Å². The van der Waals surface area contributed by atoms with Gasteiger partial charge < -0.3 is 10.6 Å². The van der Waals surface area contributed by atoms with Crippen LogP contribution in [0.1, 0.15) is 32.3 Å². The van der Waals surface area contributed by atoms with Gasteiger partial charge in [0.2, 0.25) is 5.91 Å². The SMILES string of the molecule is CC(C)C(Cc1ccc(F)cc1)NC(=O)CNCC1CC1.Cl. The van der Waals surface area contributed by atoms with Gasteiger partial charge in [-0.2, -0.15) is 0 Å². The van der Waals surface area contributed by atoms with Crippen molar-refractivity contribution in [3.05, 3.63) is 35.6 Å². The minimum Gasteiger partial charge on any atom is -0.352 e. The Morgan fingerprint density at radius 3 is 2.45 bits per heavy atom. The molecule has 1 aromatic carbocycles. The number of carbonyl (C=O) groups is 1. The second-order valence-corrected chi connectivity index (χ2v) is 6.32. The predicted molar refractivity (Wildman–Crippen MR) is 89.7 cm³/mol. The van der Waals surface area contributed by atoms with Gasteiger partial charge in [0.15, 0.2) is 0 Å². The van der Waals surface area contributed by atoms with Crippen LogP contribution >= 0.6 is 12.4 Å². The van der Waals surface area contributed by atoms with E-state index in [-0.39, 0.29) is 30.2 Å². The normalized spacial score (nSPS) is 15.3. The summed E-state index contributed by atoms with van der Waals surface area (Å²) in [6, 6.07) is 6.56. The van der Waals surface area contributed by atoms with E-state index in [2.05, 4.69) is 24.5 Å². The summed E-state index contributed by atoms with van der Waals surface area (Å²) in [5.41, 5.74) is 1.04. The smallest absolute Gasteiger partial charge is 0.234 e. The van der Waals surface area contributed by atoms with Crippen LogP contribution in [0.25, 0.3) is 0 Å². The van der Waals surface area contributed by atoms with Crippen LogP contribution in [0.4, 0.5) is 4.39 Å². The number of carbonyl (C=O) groups excluding carboxylic acids is 1. The largest absolute Gasteiger partial charge is 0.352 e. The highest BCUT2D eigenvalue weighted by Crippen LogP contribution is 2.27. The van der Waals surface area contributed by atoms with Crippen molar-refractivity contribution < 1.29 is 9.18 Å². The third-order valence-corrected chi connectivity index (χ3v) is 3.94. The predicted octanol–water partition coefficient (Wildman–Crippen LogP) is 2.93. The zero-order valence-electron chi connectivity index (χ0n) is 13.3. The standard InChI is InChI=1S/C17H25FN2O.ClH/c1-12(2)16(9-13-5-7-15(18)8-6-13)20-17(21)11-19-10-14-3-4-14;/h5-8,12,14,16,19H,3-4,9-11H2,1-2H3,(H,20,21);1H. The van der Waals surface area contributed by atoms with E-state index in [1.54, 1.807) is 12.1 Å². The van der Waals surface area contributed by atoms with Gasteiger partial charge in [0.1, 0.15) is 5.82 Å². The Morgan fingerprint density at radius 2 is 1.91 bits per heavy atom. The number of benzene rings is 1. The lowest BCUT2D eigenvalue weighted by molar-refractivity contribution is -0.121.